The van der Waals surface area contributed by atoms with Gasteiger partial charge in [0.2, 0.25) is 0 Å². The lowest BCUT2D eigenvalue weighted by Gasteiger charge is -2.61. The third kappa shape index (κ3) is 4.12. The van der Waals surface area contributed by atoms with Crippen LogP contribution in [-0.2, 0) is 6.54 Å². The van der Waals surface area contributed by atoms with Gasteiger partial charge in [0.05, 0.1) is 0 Å². The summed E-state index contributed by atoms with van der Waals surface area (Å²) in [6.45, 7) is 7.82. The first-order valence-corrected chi connectivity index (χ1v) is 14.1. The maximum absolute atomic E-state index is 2.74. The smallest absolute Gasteiger partial charge is 0.0230 e. The Bertz CT molecular complexity index is 830. The largest absolute Gasteiger partial charge is 0.309 e. The van der Waals surface area contributed by atoms with Gasteiger partial charge < -0.3 is 9.80 Å². The van der Waals surface area contributed by atoms with Crippen LogP contribution in [0.2, 0.25) is 0 Å². The third-order valence-corrected chi connectivity index (χ3v) is 11.4. The maximum atomic E-state index is 2.74. The second kappa shape index (κ2) is 8.98. The van der Waals surface area contributed by atoms with Crippen molar-refractivity contribution in [1.29, 1.82) is 0 Å². The van der Waals surface area contributed by atoms with Gasteiger partial charge in [0.1, 0.15) is 0 Å². The topological polar surface area (TPSA) is 6.48 Å². The molecule has 1 aromatic carbocycles. The van der Waals surface area contributed by atoms with Gasteiger partial charge in [-0.15, -0.1) is 0 Å². The van der Waals surface area contributed by atoms with Crippen LogP contribution >= 0.6 is 0 Å². The van der Waals surface area contributed by atoms with Gasteiger partial charge >= 0.3 is 0 Å². The van der Waals surface area contributed by atoms with Crippen LogP contribution in [0.3, 0.4) is 0 Å². The van der Waals surface area contributed by atoms with E-state index >= 15 is 0 Å². The second-order valence-electron chi connectivity index (χ2n) is 13.6. The van der Waals surface area contributed by atoms with Crippen LogP contribution in [0, 0.1) is 40.4 Å². The van der Waals surface area contributed by atoms with Crippen molar-refractivity contribution in [3.8, 4) is 0 Å². The standard InChI is InChI=1S/C31H50N2/c1-30-17-15-22(26-10-8-7-9-23(26)20-32(3)4)19-24(30)11-13-27-28-14-12-25(21-33(5)6)31(28,2)18-16-29(27)30/h7-10,22,24-25,27-29H,11-21H2,1-6H3. The van der Waals surface area contributed by atoms with Crippen molar-refractivity contribution in [2.24, 2.45) is 40.4 Å². The Morgan fingerprint density at radius 1 is 0.788 bits per heavy atom. The summed E-state index contributed by atoms with van der Waals surface area (Å²) < 4.78 is 0. The quantitative estimate of drug-likeness (QED) is 0.474. The molecule has 4 saturated carbocycles. The molecule has 0 N–H and O–H groups in total. The molecule has 4 aliphatic carbocycles. The van der Waals surface area contributed by atoms with Gasteiger partial charge in [-0.2, -0.15) is 0 Å². The monoisotopic (exact) mass is 450 g/mol. The van der Waals surface area contributed by atoms with Crippen LogP contribution in [0.1, 0.15) is 88.7 Å². The molecule has 0 amide bonds. The highest BCUT2D eigenvalue weighted by Gasteiger charge is 2.60. The number of hydrogen-bond donors (Lipinski definition) is 0. The molecule has 0 radical (unpaired) electrons. The number of nitrogens with zero attached hydrogens (tertiary/aromatic N) is 2. The molecule has 0 bridgehead atoms. The highest BCUT2D eigenvalue weighted by atomic mass is 15.1. The summed E-state index contributed by atoms with van der Waals surface area (Å²) >= 11 is 0. The summed E-state index contributed by atoms with van der Waals surface area (Å²) in [7, 11) is 8.98. The van der Waals surface area contributed by atoms with E-state index < -0.39 is 0 Å². The minimum Gasteiger partial charge on any atom is -0.309 e. The molecule has 8 atom stereocenters. The van der Waals surface area contributed by atoms with Crippen molar-refractivity contribution < 1.29 is 0 Å². The zero-order chi connectivity index (χ0) is 23.4. The van der Waals surface area contributed by atoms with Crippen molar-refractivity contribution in [2.45, 2.75) is 84.1 Å². The molecule has 4 aliphatic rings. The minimum atomic E-state index is 0.594. The molecule has 4 fully saturated rings. The lowest BCUT2D eigenvalue weighted by Crippen LogP contribution is -2.53. The fourth-order valence-electron chi connectivity index (χ4n) is 9.81. The van der Waals surface area contributed by atoms with Crippen molar-refractivity contribution in [1.82, 2.24) is 9.80 Å². The van der Waals surface area contributed by atoms with Gasteiger partial charge in [-0.3, -0.25) is 0 Å². The second-order valence-corrected chi connectivity index (χ2v) is 13.6. The predicted molar refractivity (Wildman–Crippen MR) is 140 cm³/mol. The molecule has 1 aromatic rings. The molecule has 0 aromatic heterocycles. The van der Waals surface area contributed by atoms with E-state index in [1.54, 1.807) is 11.1 Å². The van der Waals surface area contributed by atoms with E-state index in [-0.39, 0.29) is 0 Å². The Balaban J connectivity index is 1.33. The highest BCUT2D eigenvalue weighted by molar-refractivity contribution is 5.31. The average molecular weight is 451 g/mol. The first-order valence-electron chi connectivity index (χ1n) is 14.1. The summed E-state index contributed by atoms with van der Waals surface area (Å²) in [6.07, 6.45) is 13.3. The first kappa shape index (κ1) is 23.9. The van der Waals surface area contributed by atoms with Gasteiger partial charge in [0.15, 0.2) is 0 Å². The normalized spacial score (nSPS) is 42.8. The maximum Gasteiger partial charge on any atom is 0.0230 e. The van der Waals surface area contributed by atoms with Crippen LogP contribution in [0.25, 0.3) is 0 Å². The van der Waals surface area contributed by atoms with Gasteiger partial charge in [-0.25, -0.2) is 0 Å². The Hall–Kier alpha value is -0.860. The molecule has 0 aliphatic heterocycles. The van der Waals surface area contributed by atoms with E-state index in [9.17, 15) is 0 Å². The van der Waals surface area contributed by atoms with E-state index in [1.165, 1.54) is 64.3 Å². The molecule has 8 unspecified atom stereocenters. The molecular weight excluding hydrogens is 400 g/mol. The Labute approximate surface area is 204 Å². The van der Waals surface area contributed by atoms with Crippen molar-refractivity contribution in [3.63, 3.8) is 0 Å². The van der Waals surface area contributed by atoms with Crippen LogP contribution in [0.5, 0.6) is 0 Å². The van der Waals surface area contributed by atoms with E-state index in [0.29, 0.717) is 10.8 Å². The summed E-state index contributed by atoms with van der Waals surface area (Å²) in [5, 5.41) is 0. The van der Waals surface area contributed by atoms with Crippen LogP contribution < -0.4 is 0 Å². The number of fused-ring (bicyclic) bond motifs is 5. The average Bonchev–Trinajstić information content (AvgIpc) is 3.09. The van der Waals surface area contributed by atoms with E-state index in [2.05, 4.69) is 76.1 Å². The summed E-state index contributed by atoms with van der Waals surface area (Å²) in [4.78, 5) is 4.79. The SMILES string of the molecule is CN(C)Cc1ccccc1C1CCC2(C)C(CCC3C2CCC2(C)C(CN(C)C)CCC32)C1. The molecule has 0 heterocycles. The van der Waals surface area contributed by atoms with Gasteiger partial charge in [0, 0.05) is 13.1 Å². The molecule has 5 rings (SSSR count). The lowest BCUT2D eigenvalue weighted by molar-refractivity contribution is -0.114. The predicted octanol–water partition coefficient (Wildman–Crippen LogP) is 7.05. The van der Waals surface area contributed by atoms with Gasteiger partial charge in [0.25, 0.3) is 0 Å². The Kier molecular flexibility index (Phi) is 6.49. The van der Waals surface area contributed by atoms with Crippen molar-refractivity contribution in [2.75, 3.05) is 34.7 Å². The van der Waals surface area contributed by atoms with Crippen LogP contribution in [0.4, 0.5) is 0 Å². The first-order chi connectivity index (χ1) is 15.7. The van der Waals surface area contributed by atoms with Gasteiger partial charge in [-0.05, 0) is 143 Å². The summed E-state index contributed by atoms with van der Waals surface area (Å²) in [5.41, 5.74) is 4.43. The number of benzene rings is 1. The fourth-order valence-corrected chi connectivity index (χ4v) is 9.81. The number of hydrogen-bond acceptors (Lipinski definition) is 2. The van der Waals surface area contributed by atoms with Crippen molar-refractivity contribution in [3.05, 3.63) is 35.4 Å². The zero-order valence-electron chi connectivity index (χ0n) is 22.4. The molecular formula is C31H50N2. The van der Waals surface area contributed by atoms with E-state index in [4.69, 9.17) is 0 Å². The van der Waals surface area contributed by atoms with E-state index in [1.807, 2.05) is 0 Å². The highest BCUT2D eigenvalue weighted by Crippen LogP contribution is 2.68. The van der Waals surface area contributed by atoms with Crippen LogP contribution in [0.15, 0.2) is 24.3 Å². The molecule has 33 heavy (non-hydrogen) atoms. The number of rotatable bonds is 5. The third-order valence-electron chi connectivity index (χ3n) is 11.4. The molecule has 2 heteroatoms. The minimum absolute atomic E-state index is 0.594. The Morgan fingerprint density at radius 2 is 1.52 bits per heavy atom. The van der Waals surface area contributed by atoms with Crippen molar-refractivity contribution >= 4 is 0 Å². The van der Waals surface area contributed by atoms with Gasteiger partial charge in [-0.1, -0.05) is 38.1 Å². The summed E-state index contributed by atoms with van der Waals surface area (Å²) in [6, 6.07) is 9.36. The summed E-state index contributed by atoms with van der Waals surface area (Å²) in [5.74, 6) is 5.64. The molecule has 184 valence electrons. The zero-order valence-corrected chi connectivity index (χ0v) is 22.4. The Morgan fingerprint density at radius 3 is 2.27 bits per heavy atom. The molecule has 2 nitrogen and oxygen atoms in total. The van der Waals surface area contributed by atoms with Crippen LogP contribution in [-0.4, -0.2) is 44.5 Å². The van der Waals surface area contributed by atoms with E-state index in [0.717, 1.165) is 42.1 Å². The fraction of sp³-hybridized carbons (Fsp3) is 0.806. The molecule has 0 spiro atoms. The lowest BCUT2D eigenvalue weighted by atomic mass is 9.44. The molecule has 0 saturated heterocycles.